The first kappa shape index (κ1) is 13.9. The summed E-state index contributed by atoms with van der Waals surface area (Å²) in [5.41, 5.74) is 0.368. The van der Waals surface area contributed by atoms with Gasteiger partial charge in [0.1, 0.15) is 11.6 Å². The Balaban J connectivity index is 2.03. The van der Waals surface area contributed by atoms with Gasteiger partial charge in [-0.3, -0.25) is 14.7 Å². The van der Waals surface area contributed by atoms with Crippen LogP contribution in [0.2, 0.25) is 0 Å². The van der Waals surface area contributed by atoms with Gasteiger partial charge in [-0.15, -0.1) is 0 Å². The summed E-state index contributed by atoms with van der Waals surface area (Å²) in [5, 5.41) is 3.12. The van der Waals surface area contributed by atoms with E-state index in [2.05, 4.69) is 5.10 Å². The zero-order valence-corrected chi connectivity index (χ0v) is 12.3. The van der Waals surface area contributed by atoms with Gasteiger partial charge in [-0.25, -0.2) is 13.5 Å². The van der Waals surface area contributed by atoms with E-state index >= 15 is 0 Å². The Bertz CT molecular complexity index is 1040. The van der Waals surface area contributed by atoms with Crippen molar-refractivity contribution in [3.8, 4) is 5.69 Å². The van der Waals surface area contributed by atoms with Crippen LogP contribution in [0, 0.1) is 18.6 Å². The third-order valence-electron chi connectivity index (χ3n) is 4.16. The van der Waals surface area contributed by atoms with Crippen LogP contribution in [0.5, 0.6) is 0 Å². The predicted octanol–water partition coefficient (Wildman–Crippen LogP) is 2.40. The van der Waals surface area contributed by atoms with E-state index in [1.54, 1.807) is 11.5 Å². The van der Waals surface area contributed by atoms with E-state index in [9.17, 15) is 18.4 Å². The Morgan fingerprint density at radius 3 is 2.35 bits per heavy atom. The molecule has 0 radical (unpaired) electrons. The maximum absolute atomic E-state index is 13.4. The second-order valence-corrected chi connectivity index (χ2v) is 5.84. The van der Waals surface area contributed by atoms with Crippen molar-refractivity contribution in [2.24, 2.45) is 0 Å². The smallest absolute Gasteiger partial charge is 0.280 e. The number of halogens is 2. The van der Waals surface area contributed by atoms with E-state index in [0.29, 0.717) is 16.6 Å². The summed E-state index contributed by atoms with van der Waals surface area (Å²) >= 11 is 0. The number of hydrogen-bond donors (Lipinski definition) is 1. The predicted molar refractivity (Wildman–Crippen MR) is 81.1 cm³/mol. The van der Waals surface area contributed by atoms with Crippen LogP contribution in [-0.4, -0.2) is 14.3 Å². The van der Waals surface area contributed by atoms with Crippen molar-refractivity contribution in [2.45, 2.75) is 25.8 Å². The summed E-state index contributed by atoms with van der Waals surface area (Å²) in [6.07, 6.45) is 1.83. The molecule has 0 spiro atoms. The molecular formula is C16H13F2N3O2. The number of hydrogen-bond acceptors (Lipinski definition) is 2. The molecule has 1 aliphatic carbocycles. The maximum Gasteiger partial charge on any atom is 0.280 e. The molecule has 0 unspecified atom stereocenters. The lowest BCUT2D eigenvalue weighted by atomic mass is 10.2. The Hall–Kier alpha value is -2.70. The molecule has 23 heavy (non-hydrogen) atoms. The number of pyridine rings is 1. The van der Waals surface area contributed by atoms with Crippen molar-refractivity contribution in [2.75, 3.05) is 0 Å². The topological polar surface area (TPSA) is 59.8 Å². The fourth-order valence-corrected chi connectivity index (χ4v) is 3.02. The third-order valence-corrected chi connectivity index (χ3v) is 4.16. The summed E-state index contributed by atoms with van der Waals surface area (Å²) in [5.74, 6) is -1.56. The lowest BCUT2D eigenvalue weighted by Gasteiger charge is -2.07. The molecule has 2 heterocycles. The molecule has 0 amide bonds. The van der Waals surface area contributed by atoms with Gasteiger partial charge in [0, 0.05) is 23.9 Å². The lowest BCUT2D eigenvalue weighted by Crippen LogP contribution is -2.22. The minimum Gasteiger partial charge on any atom is -0.309 e. The van der Waals surface area contributed by atoms with Crippen LogP contribution in [0.4, 0.5) is 8.78 Å². The Labute approximate surface area is 128 Å². The Morgan fingerprint density at radius 1 is 1.09 bits per heavy atom. The normalized spacial score (nSPS) is 14.6. The van der Waals surface area contributed by atoms with E-state index in [1.165, 1.54) is 6.07 Å². The van der Waals surface area contributed by atoms with Crippen LogP contribution >= 0.6 is 0 Å². The van der Waals surface area contributed by atoms with E-state index in [0.717, 1.165) is 35.7 Å². The first-order valence-electron chi connectivity index (χ1n) is 7.29. The summed E-state index contributed by atoms with van der Waals surface area (Å²) in [6.45, 7) is 1.72. The van der Waals surface area contributed by atoms with Crippen LogP contribution in [0.15, 0.2) is 33.9 Å². The number of fused-ring (bicyclic) bond motifs is 1. The van der Waals surface area contributed by atoms with Crippen LogP contribution in [0.25, 0.3) is 16.6 Å². The SMILES string of the molecule is Cc1c2c(=O)n(-c3cc(F)cc(F)c3)[nH]c2cc(=O)n1C1CC1. The molecule has 7 heteroatoms. The number of nitrogens with zero attached hydrogens (tertiary/aromatic N) is 2. The van der Waals surface area contributed by atoms with Gasteiger partial charge in [0.05, 0.1) is 16.6 Å². The largest absolute Gasteiger partial charge is 0.309 e. The number of aromatic amines is 1. The van der Waals surface area contributed by atoms with Crippen molar-refractivity contribution < 1.29 is 8.78 Å². The first-order chi connectivity index (χ1) is 11.0. The standard InChI is InChI=1S/C16H13F2N3O2/c1-8-15-13(7-14(22)20(8)11-2-3-11)19-21(16(15)23)12-5-9(17)4-10(18)6-12/h4-7,11,19H,2-3H2,1H3. The molecule has 1 saturated carbocycles. The van der Waals surface area contributed by atoms with Gasteiger partial charge >= 0.3 is 0 Å². The fraction of sp³-hybridized carbons (Fsp3) is 0.250. The molecule has 1 aliphatic rings. The Morgan fingerprint density at radius 2 is 1.74 bits per heavy atom. The summed E-state index contributed by atoms with van der Waals surface area (Å²) in [6, 6.07) is 4.35. The number of aryl methyl sites for hydroxylation is 1. The van der Waals surface area contributed by atoms with Gasteiger partial charge in [0.25, 0.3) is 11.1 Å². The molecule has 1 aromatic carbocycles. The molecule has 0 aliphatic heterocycles. The minimum atomic E-state index is -0.778. The molecular weight excluding hydrogens is 304 g/mol. The van der Waals surface area contributed by atoms with Gasteiger partial charge in [-0.2, -0.15) is 0 Å². The van der Waals surface area contributed by atoms with Crippen molar-refractivity contribution in [3.63, 3.8) is 0 Å². The zero-order chi connectivity index (χ0) is 16.3. The van der Waals surface area contributed by atoms with Crippen LogP contribution in [-0.2, 0) is 0 Å². The summed E-state index contributed by atoms with van der Waals surface area (Å²) in [7, 11) is 0. The molecule has 0 saturated heterocycles. The van der Waals surface area contributed by atoms with Crippen LogP contribution in [0.1, 0.15) is 24.6 Å². The van der Waals surface area contributed by atoms with Gasteiger partial charge in [0.2, 0.25) is 0 Å². The van der Waals surface area contributed by atoms with E-state index in [-0.39, 0.29) is 17.3 Å². The highest BCUT2D eigenvalue weighted by atomic mass is 19.1. The first-order valence-corrected chi connectivity index (χ1v) is 7.29. The number of rotatable bonds is 2. The van der Waals surface area contributed by atoms with Crippen molar-refractivity contribution >= 4 is 10.9 Å². The molecule has 1 N–H and O–H groups in total. The number of nitrogens with one attached hydrogen (secondary N) is 1. The van der Waals surface area contributed by atoms with Crippen LogP contribution < -0.4 is 11.1 Å². The molecule has 5 nitrogen and oxygen atoms in total. The van der Waals surface area contributed by atoms with E-state index < -0.39 is 17.2 Å². The minimum absolute atomic E-state index is 0.0496. The number of aromatic nitrogens is 3. The van der Waals surface area contributed by atoms with Gasteiger partial charge < -0.3 is 4.57 Å². The molecule has 0 bridgehead atoms. The average Bonchev–Trinajstić information content (AvgIpc) is 3.22. The highest BCUT2D eigenvalue weighted by Gasteiger charge is 2.27. The maximum atomic E-state index is 13.4. The van der Waals surface area contributed by atoms with Gasteiger partial charge in [-0.1, -0.05) is 0 Å². The highest BCUT2D eigenvalue weighted by molar-refractivity contribution is 5.80. The van der Waals surface area contributed by atoms with Crippen LogP contribution in [0.3, 0.4) is 0 Å². The molecule has 4 rings (SSSR count). The summed E-state index contributed by atoms with van der Waals surface area (Å²) in [4.78, 5) is 24.9. The summed E-state index contributed by atoms with van der Waals surface area (Å²) < 4.78 is 29.5. The number of H-pyrrole nitrogens is 1. The lowest BCUT2D eigenvalue weighted by molar-refractivity contribution is 0.580. The molecule has 1 fully saturated rings. The molecule has 3 aromatic rings. The van der Waals surface area contributed by atoms with E-state index in [1.807, 2.05) is 0 Å². The fourth-order valence-electron chi connectivity index (χ4n) is 3.02. The van der Waals surface area contributed by atoms with Crippen molar-refractivity contribution in [1.29, 1.82) is 0 Å². The van der Waals surface area contributed by atoms with E-state index in [4.69, 9.17) is 0 Å². The quantitative estimate of drug-likeness (QED) is 0.789. The molecule has 2 aromatic heterocycles. The molecule has 118 valence electrons. The van der Waals surface area contributed by atoms with Crippen molar-refractivity contribution in [1.82, 2.24) is 14.3 Å². The zero-order valence-electron chi connectivity index (χ0n) is 12.3. The average molecular weight is 317 g/mol. The Kier molecular flexibility index (Phi) is 2.81. The highest BCUT2D eigenvalue weighted by Crippen LogP contribution is 2.35. The van der Waals surface area contributed by atoms with Gasteiger partial charge in [0.15, 0.2) is 0 Å². The molecule has 0 atom stereocenters. The second-order valence-electron chi connectivity index (χ2n) is 5.84. The third kappa shape index (κ3) is 2.11. The monoisotopic (exact) mass is 317 g/mol. The number of benzene rings is 1. The second kappa shape index (κ2) is 4.65. The van der Waals surface area contributed by atoms with Crippen molar-refractivity contribution in [3.05, 3.63) is 62.3 Å². The van der Waals surface area contributed by atoms with Gasteiger partial charge in [-0.05, 0) is 31.9 Å².